The fourth-order valence-corrected chi connectivity index (χ4v) is 4.09. The molecule has 28 heavy (non-hydrogen) atoms. The summed E-state index contributed by atoms with van der Waals surface area (Å²) >= 11 is 0. The molecule has 4 aromatic rings. The van der Waals surface area contributed by atoms with Gasteiger partial charge in [-0.15, -0.1) is 10.2 Å². The summed E-state index contributed by atoms with van der Waals surface area (Å²) in [4.78, 5) is 2.47. The minimum absolute atomic E-state index is 0.454. The Morgan fingerprint density at radius 2 is 1.93 bits per heavy atom. The zero-order chi connectivity index (χ0) is 18.9. The van der Waals surface area contributed by atoms with Gasteiger partial charge in [-0.05, 0) is 44.1 Å². The van der Waals surface area contributed by atoms with Crippen molar-refractivity contribution < 1.29 is 4.42 Å². The summed E-state index contributed by atoms with van der Waals surface area (Å²) in [5.41, 5.74) is 0.969. The Bertz CT molecular complexity index is 1020. The van der Waals surface area contributed by atoms with E-state index >= 15 is 0 Å². The Morgan fingerprint density at radius 1 is 1.07 bits per heavy atom. The third-order valence-electron chi connectivity index (χ3n) is 5.67. The van der Waals surface area contributed by atoms with Gasteiger partial charge >= 0.3 is 0 Å². The normalized spacial score (nSPS) is 16.2. The molecule has 0 amide bonds. The highest BCUT2D eigenvalue weighted by molar-refractivity contribution is 5.77. The molecule has 0 aliphatic carbocycles. The Morgan fingerprint density at radius 3 is 2.71 bits per heavy atom. The number of para-hydroxylation sites is 1. The molecule has 0 saturated carbocycles. The molecule has 3 aromatic heterocycles. The molecule has 0 atom stereocenters. The highest BCUT2D eigenvalue weighted by Gasteiger charge is 2.25. The lowest BCUT2D eigenvalue weighted by atomic mass is 9.96. The molecule has 0 N–H and O–H groups in total. The second-order valence-corrected chi connectivity index (χ2v) is 7.54. The molecule has 0 spiro atoms. The van der Waals surface area contributed by atoms with E-state index < -0.39 is 0 Å². The zero-order valence-electron chi connectivity index (χ0n) is 16.0. The van der Waals surface area contributed by atoms with E-state index in [9.17, 15) is 0 Å². The maximum atomic E-state index is 5.98. The number of likely N-dealkylation sites (tertiary alicyclic amines) is 1. The molecule has 144 valence electrons. The molecule has 5 rings (SSSR count). The lowest BCUT2D eigenvalue weighted by Crippen LogP contribution is -2.33. The van der Waals surface area contributed by atoms with Crippen LogP contribution in [0.2, 0.25) is 0 Å². The molecular weight excluding hydrogens is 352 g/mol. The number of aromatic nitrogens is 5. The molecule has 1 aliphatic heterocycles. The summed E-state index contributed by atoms with van der Waals surface area (Å²) < 4.78 is 10.00. The van der Waals surface area contributed by atoms with Crippen LogP contribution in [-0.4, -0.2) is 42.5 Å². The fourth-order valence-electron chi connectivity index (χ4n) is 4.09. The van der Waals surface area contributed by atoms with E-state index in [0.29, 0.717) is 12.5 Å². The average molecular weight is 376 g/mol. The number of furan rings is 1. The van der Waals surface area contributed by atoms with Gasteiger partial charge in [-0.25, -0.2) is 0 Å². The summed E-state index contributed by atoms with van der Waals surface area (Å²) in [6.07, 6.45) is 5.92. The first-order valence-corrected chi connectivity index (χ1v) is 9.81. The van der Waals surface area contributed by atoms with E-state index in [1.165, 1.54) is 5.39 Å². The van der Waals surface area contributed by atoms with Crippen molar-refractivity contribution in [2.45, 2.75) is 31.8 Å². The second-order valence-electron chi connectivity index (χ2n) is 7.54. The van der Waals surface area contributed by atoms with E-state index in [4.69, 9.17) is 4.42 Å². The van der Waals surface area contributed by atoms with Gasteiger partial charge in [0, 0.05) is 30.7 Å². The molecule has 0 unspecified atom stereocenters. The Kier molecular flexibility index (Phi) is 4.44. The molecule has 4 heterocycles. The maximum absolute atomic E-state index is 5.98. The van der Waals surface area contributed by atoms with Crippen molar-refractivity contribution in [2.24, 2.45) is 7.05 Å². The molecule has 7 nitrogen and oxygen atoms in total. The molecule has 1 saturated heterocycles. The van der Waals surface area contributed by atoms with Crippen LogP contribution in [0.15, 0.2) is 53.2 Å². The summed E-state index contributed by atoms with van der Waals surface area (Å²) in [5, 5.41) is 14.3. The average Bonchev–Trinajstić information content (AvgIpc) is 3.44. The highest BCUT2D eigenvalue weighted by Crippen LogP contribution is 2.28. The van der Waals surface area contributed by atoms with Crippen LogP contribution in [0, 0.1) is 0 Å². The number of benzene rings is 1. The first-order valence-electron chi connectivity index (χ1n) is 9.81. The Balaban J connectivity index is 1.21. The molecule has 0 radical (unpaired) electrons. The van der Waals surface area contributed by atoms with Gasteiger partial charge in [0.15, 0.2) is 5.82 Å². The van der Waals surface area contributed by atoms with Gasteiger partial charge in [-0.1, -0.05) is 18.2 Å². The van der Waals surface area contributed by atoms with Gasteiger partial charge in [0.1, 0.15) is 23.7 Å². The van der Waals surface area contributed by atoms with E-state index in [1.807, 2.05) is 29.1 Å². The van der Waals surface area contributed by atoms with Crippen molar-refractivity contribution in [3.63, 3.8) is 0 Å². The number of hydrogen-bond acceptors (Lipinski definition) is 5. The number of fused-ring (bicyclic) bond motifs is 1. The van der Waals surface area contributed by atoms with Gasteiger partial charge in [0.2, 0.25) is 0 Å². The van der Waals surface area contributed by atoms with E-state index in [-0.39, 0.29) is 0 Å². The van der Waals surface area contributed by atoms with Crippen molar-refractivity contribution in [2.75, 3.05) is 13.1 Å². The third kappa shape index (κ3) is 3.33. The Hall–Kier alpha value is -2.93. The topological polar surface area (TPSA) is 64.9 Å². The molecule has 1 aliphatic rings. The van der Waals surface area contributed by atoms with Crippen molar-refractivity contribution in [1.29, 1.82) is 0 Å². The smallest absolute Gasteiger partial charge is 0.154 e. The van der Waals surface area contributed by atoms with E-state index in [1.54, 1.807) is 6.20 Å². The lowest BCUT2D eigenvalue weighted by molar-refractivity contribution is 0.188. The summed E-state index contributed by atoms with van der Waals surface area (Å²) in [5.74, 6) is 3.53. The van der Waals surface area contributed by atoms with Crippen LogP contribution in [0.25, 0.3) is 11.0 Å². The van der Waals surface area contributed by atoms with Gasteiger partial charge in [0.25, 0.3) is 0 Å². The van der Waals surface area contributed by atoms with Crippen LogP contribution in [0.5, 0.6) is 0 Å². The number of nitrogens with zero attached hydrogens (tertiary/aromatic N) is 6. The Labute approximate surface area is 163 Å². The highest BCUT2D eigenvalue weighted by atomic mass is 16.3. The van der Waals surface area contributed by atoms with Crippen LogP contribution in [-0.2, 0) is 20.1 Å². The molecule has 1 fully saturated rings. The first kappa shape index (κ1) is 17.2. The van der Waals surface area contributed by atoms with E-state index in [0.717, 1.165) is 55.5 Å². The SMILES string of the molecule is Cn1c(Cn2cccn2)nnc1C1CCN(Cc2cc3ccccc3o2)CC1. The van der Waals surface area contributed by atoms with Gasteiger partial charge in [0.05, 0.1) is 6.54 Å². The minimum Gasteiger partial charge on any atom is -0.460 e. The summed E-state index contributed by atoms with van der Waals surface area (Å²) in [6, 6.07) is 12.3. The van der Waals surface area contributed by atoms with Crippen molar-refractivity contribution in [3.8, 4) is 0 Å². The first-order chi connectivity index (χ1) is 13.8. The standard InChI is InChI=1S/C21H24N6O/c1-25-20(15-27-10-4-9-22-27)23-24-21(25)16-7-11-26(12-8-16)14-18-13-17-5-2-3-6-19(17)28-18/h2-6,9-10,13,16H,7-8,11-12,14-15H2,1H3. The number of rotatable bonds is 5. The van der Waals surface area contributed by atoms with E-state index in [2.05, 4.69) is 50.0 Å². The summed E-state index contributed by atoms with van der Waals surface area (Å²) in [7, 11) is 2.06. The molecular formula is C21H24N6O. The van der Waals surface area contributed by atoms with Crippen LogP contribution in [0.4, 0.5) is 0 Å². The fraction of sp³-hybridized carbons (Fsp3) is 0.381. The van der Waals surface area contributed by atoms with Crippen molar-refractivity contribution in [3.05, 3.63) is 66.2 Å². The molecule has 0 bridgehead atoms. The van der Waals surface area contributed by atoms with Crippen LogP contribution >= 0.6 is 0 Å². The largest absolute Gasteiger partial charge is 0.460 e. The lowest BCUT2D eigenvalue weighted by Gasteiger charge is -2.30. The predicted molar refractivity (Wildman–Crippen MR) is 106 cm³/mol. The molecule has 1 aromatic carbocycles. The van der Waals surface area contributed by atoms with Crippen molar-refractivity contribution in [1.82, 2.24) is 29.4 Å². The quantitative estimate of drug-likeness (QED) is 0.535. The van der Waals surface area contributed by atoms with Crippen LogP contribution in [0.3, 0.4) is 0 Å². The second kappa shape index (κ2) is 7.24. The zero-order valence-corrected chi connectivity index (χ0v) is 16.0. The van der Waals surface area contributed by atoms with Gasteiger partial charge < -0.3 is 8.98 Å². The number of hydrogen-bond donors (Lipinski definition) is 0. The van der Waals surface area contributed by atoms with Crippen LogP contribution < -0.4 is 0 Å². The van der Waals surface area contributed by atoms with Crippen LogP contribution in [0.1, 0.15) is 36.2 Å². The van der Waals surface area contributed by atoms with Gasteiger partial charge in [-0.3, -0.25) is 9.58 Å². The molecule has 7 heteroatoms. The predicted octanol–water partition coefficient (Wildman–Crippen LogP) is 3.19. The van der Waals surface area contributed by atoms with Gasteiger partial charge in [-0.2, -0.15) is 5.10 Å². The monoisotopic (exact) mass is 376 g/mol. The third-order valence-corrected chi connectivity index (χ3v) is 5.67. The maximum Gasteiger partial charge on any atom is 0.154 e. The summed E-state index contributed by atoms with van der Waals surface area (Å²) in [6.45, 7) is 3.61. The minimum atomic E-state index is 0.454. The number of piperidine rings is 1. The van der Waals surface area contributed by atoms with Crippen molar-refractivity contribution >= 4 is 11.0 Å².